The smallest absolute Gasteiger partial charge is 0.321 e. The van der Waals surface area contributed by atoms with Crippen molar-refractivity contribution in [3.8, 4) is 0 Å². The molecule has 100 valence electrons. The maximum Gasteiger partial charge on any atom is 0.321 e. The quantitative estimate of drug-likeness (QED) is 0.861. The summed E-state index contributed by atoms with van der Waals surface area (Å²) >= 11 is 0. The second kappa shape index (κ2) is 6.40. The summed E-state index contributed by atoms with van der Waals surface area (Å²) in [6.07, 6.45) is 0. The molecule has 1 aromatic carbocycles. The predicted molar refractivity (Wildman–Crippen MR) is 75.8 cm³/mol. The highest BCUT2D eigenvalue weighted by Gasteiger charge is 2.11. The van der Waals surface area contributed by atoms with E-state index in [0.29, 0.717) is 6.04 Å². The number of anilines is 1. The minimum atomic E-state index is -0.0839. The summed E-state index contributed by atoms with van der Waals surface area (Å²) in [6.45, 7) is 6.06. The zero-order valence-electron chi connectivity index (χ0n) is 11.8. The van der Waals surface area contributed by atoms with Crippen molar-refractivity contribution in [1.82, 2.24) is 10.2 Å². The molecule has 0 aromatic heterocycles. The maximum absolute atomic E-state index is 11.8. The van der Waals surface area contributed by atoms with Crippen molar-refractivity contribution in [3.05, 3.63) is 29.8 Å². The lowest BCUT2D eigenvalue weighted by molar-refractivity contribution is 0.211. The Kier molecular flexibility index (Phi) is 5.16. The second-order valence-electron chi connectivity index (χ2n) is 4.77. The Morgan fingerprint density at radius 2 is 1.72 bits per heavy atom. The van der Waals surface area contributed by atoms with Gasteiger partial charge >= 0.3 is 6.03 Å². The molecule has 1 aromatic rings. The van der Waals surface area contributed by atoms with Crippen molar-refractivity contribution in [2.75, 3.05) is 19.4 Å². The number of rotatable bonds is 4. The number of benzene rings is 1. The number of carbonyl (C=O) groups is 1. The molecular formula is C14H23N3O. The molecule has 0 aliphatic heterocycles. The van der Waals surface area contributed by atoms with E-state index in [4.69, 9.17) is 0 Å². The Balaban J connectivity index is 2.67. The molecular weight excluding hydrogens is 226 g/mol. The van der Waals surface area contributed by atoms with Crippen molar-refractivity contribution in [2.24, 2.45) is 0 Å². The molecule has 0 aliphatic carbocycles. The standard InChI is InChI=1S/C14H23N3O/c1-10(2)17(5)14(18)16-13-8-6-12(7-9-13)11(3)15-4/h6-11,15H,1-5H3,(H,16,18). The van der Waals surface area contributed by atoms with Gasteiger partial charge in [-0.1, -0.05) is 12.1 Å². The highest BCUT2D eigenvalue weighted by Crippen LogP contribution is 2.16. The lowest BCUT2D eigenvalue weighted by Crippen LogP contribution is -2.36. The van der Waals surface area contributed by atoms with Gasteiger partial charge in [0.1, 0.15) is 0 Å². The summed E-state index contributed by atoms with van der Waals surface area (Å²) < 4.78 is 0. The van der Waals surface area contributed by atoms with Gasteiger partial charge in [0.2, 0.25) is 0 Å². The van der Waals surface area contributed by atoms with E-state index in [2.05, 4.69) is 17.6 Å². The predicted octanol–water partition coefficient (Wildman–Crippen LogP) is 2.84. The van der Waals surface area contributed by atoms with Crippen LogP contribution in [0.2, 0.25) is 0 Å². The molecule has 2 N–H and O–H groups in total. The largest absolute Gasteiger partial charge is 0.325 e. The number of nitrogens with zero attached hydrogens (tertiary/aromatic N) is 1. The van der Waals surface area contributed by atoms with E-state index >= 15 is 0 Å². The lowest BCUT2D eigenvalue weighted by Gasteiger charge is -2.22. The average molecular weight is 249 g/mol. The fraction of sp³-hybridized carbons (Fsp3) is 0.500. The Bertz CT molecular complexity index is 387. The monoisotopic (exact) mass is 249 g/mol. The van der Waals surface area contributed by atoms with Crippen molar-refractivity contribution >= 4 is 11.7 Å². The highest BCUT2D eigenvalue weighted by molar-refractivity contribution is 5.89. The van der Waals surface area contributed by atoms with Gasteiger partial charge in [0, 0.05) is 24.8 Å². The molecule has 1 unspecified atom stereocenters. The normalized spacial score (nSPS) is 12.3. The van der Waals surface area contributed by atoms with Crippen LogP contribution in [0.25, 0.3) is 0 Å². The van der Waals surface area contributed by atoms with Crippen LogP contribution in [0.1, 0.15) is 32.4 Å². The van der Waals surface area contributed by atoms with Gasteiger partial charge in [-0.05, 0) is 45.5 Å². The molecule has 2 amide bonds. The topological polar surface area (TPSA) is 44.4 Å². The molecule has 0 aliphatic rings. The number of nitrogens with one attached hydrogen (secondary N) is 2. The van der Waals surface area contributed by atoms with E-state index < -0.39 is 0 Å². The van der Waals surface area contributed by atoms with E-state index in [-0.39, 0.29) is 12.1 Å². The fourth-order valence-corrected chi connectivity index (χ4v) is 1.47. The van der Waals surface area contributed by atoms with E-state index in [9.17, 15) is 4.79 Å². The third-order valence-electron chi connectivity index (χ3n) is 3.19. The van der Waals surface area contributed by atoms with Crippen molar-refractivity contribution in [1.29, 1.82) is 0 Å². The fourth-order valence-electron chi connectivity index (χ4n) is 1.47. The van der Waals surface area contributed by atoms with Crippen LogP contribution in [0.4, 0.5) is 10.5 Å². The molecule has 0 saturated carbocycles. The van der Waals surface area contributed by atoms with Gasteiger partial charge < -0.3 is 15.5 Å². The molecule has 1 atom stereocenters. The van der Waals surface area contributed by atoms with Crippen LogP contribution in [0.15, 0.2) is 24.3 Å². The van der Waals surface area contributed by atoms with Crippen LogP contribution >= 0.6 is 0 Å². The number of carbonyl (C=O) groups excluding carboxylic acids is 1. The van der Waals surface area contributed by atoms with Crippen molar-refractivity contribution in [2.45, 2.75) is 32.9 Å². The highest BCUT2D eigenvalue weighted by atomic mass is 16.2. The molecule has 0 bridgehead atoms. The zero-order valence-corrected chi connectivity index (χ0v) is 11.8. The summed E-state index contributed by atoms with van der Waals surface area (Å²) in [4.78, 5) is 13.5. The second-order valence-corrected chi connectivity index (χ2v) is 4.77. The van der Waals surface area contributed by atoms with Crippen LogP contribution in [-0.2, 0) is 0 Å². The van der Waals surface area contributed by atoms with E-state index in [1.165, 1.54) is 5.56 Å². The van der Waals surface area contributed by atoms with Gasteiger partial charge in [0.25, 0.3) is 0 Å². The molecule has 0 heterocycles. The number of urea groups is 1. The summed E-state index contributed by atoms with van der Waals surface area (Å²) in [7, 11) is 3.72. The SMILES string of the molecule is CNC(C)c1ccc(NC(=O)N(C)C(C)C)cc1. The van der Waals surface area contributed by atoms with Gasteiger partial charge in [-0.25, -0.2) is 4.79 Å². The molecule has 0 saturated heterocycles. The summed E-state index contributed by atoms with van der Waals surface area (Å²) in [5.74, 6) is 0. The first-order valence-corrected chi connectivity index (χ1v) is 6.26. The molecule has 0 radical (unpaired) electrons. The van der Waals surface area contributed by atoms with Crippen LogP contribution in [0.5, 0.6) is 0 Å². The Labute approximate surface area is 109 Å². The van der Waals surface area contributed by atoms with E-state index in [1.807, 2.05) is 45.2 Å². The van der Waals surface area contributed by atoms with Gasteiger partial charge in [-0.3, -0.25) is 0 Å². The number of amides is 2. The molecule has 1 rings (SSSR count). The first-order valence-electron chi connectivity index (χ1n) is 6.26. The number of hydrogen-bond acceptors (Lipinski definition) is 2. The minimum Gasteiger partial charge on any atom is -0.325 e. The summed E-state index contributed by atoms with van der Waals surface area (Å²) in [5.41, 5.74) is 2.02. The molecule has 4 heteroatoms. The van der Waals surface area contributed by atoms with Crippen LogP contribution in [0.3, 0.4) is 0 Å². The molecule has 18 heavy (non-hydrogen) atoms. The third-order valence-corrected chi connectivity index (χ3v) is 3.19. The lowest BCUT2D eigenvalue weighted by atomic mass is 10.1. The van der Waals surface area contributed by atoms with E-state index in [0.717, 1.165) is 5.69 Å². The van der Waals surface area contributed by atoms with Gasteiger partial charge in [0.05, 0.1) is 0 Å². The van der Waals surface area contributed by atoms with Gasteiger partial charge in [0.15, 0.2) is 0 Å². The van der Waals surface area contributed by atoms with Gasteiger partial charge in [-0.2, -0.15) is 0 Å². The molecule has 0 spiro atoms. The maximum atomic E-state index is 11.8. The minimum absolute atomic E-state index is 0.0839. The van der Waals surface area contributed by atoms with Crippen LogP contribution in [0, 0.1) is 0 Å². The first kappa shape index (κ1) is 14.5. The molecule has 4 nitrogen and oxygen atoms in total. The third kappa shape index (κ3) is 3.74. The Morgan fingerprint density at radius 3 is 2.17 bits per heavy atom. The molecule has 0 fully saturated rings. The van der Waals surface area contributed by atoms with E-state index in [1.54, 1.807) is 11.9 Å². The van der Waals surface area contributed by atoms with Crippen LogP contribution < -0.4 is 10.6 Å². The first-order chi connectivity index (χ1) is 8.45. The summed E-state index contributed by atoms with van der Waals surface area (Å²) in [6, 6.07) is 8.31. The summed E-state index contributed by atoms with van der Waals surface area (Å²) in [5, 5.41) is 6.05. The number of hydrogen-bond donors (Lipinski definition) is 2. The zero-order chi connectivity index (χ0) is 13.7. The van der Waals surface area contributed by atoms with Crippen LogP contribution in [-0.4, -0.2) is 31.1 Å². The van der Waals surface area contributed by atoms with Gasteiger partial charge in [-0.15, -0.1) is 0 Å². The Morgan fingerprint density at radius 1 is 1.17 bits per heavy atom. The van der Waals surface area contributed by atoms with Crippen molar-refractivity contribution in [3.63, 3.8) is 0 Å². The average Bonchev–Trinajstić information content (AvgIpc) is 2.37. The van der Waals surface area contributed by atoms with Crippen molar-refractivity contribution < 1.29 is 4.79 Å². The Hall–Kier alpha value is -1.55.